The van der Waals surface area contributed by atoms with E-state index in [0.29, 0.717) is 23.2 Å². The molecule has 164 valence electrons. The average molecular weight is 424 g/mol. The zero-order valence-corrected chi connectivity index (χ0v) is 18.0. The van der Waals surface area contributed by atoms with Crippen LogP contribution in [0.1, 0.15) is 53.8 Å². The van der Waals surface area contributed by atoms with Crippen molar-refractivity contribution in [2.75, 3.05) is 19.6 Å². The third-order valence-electron chi connectivity index (χ3n) is 6.07. The van der Waals surface area contributed by atoms with E-state index in [2.05, 4.69) is 16.8 Å². The maximum Gasteiger partial charge on any atom is 0.290 e. The van der Waals surface area contributed by atoms with Gasteiger partial charge in [-0.3, -0.25) is 24.3 Å². The first-order valence-electron chi connectivity index (χ1n) is 10.6. The van der Waals surface area contributed by atoms with Gasteiger partial charge in [0.1, 0.15) is 0 Å². The third kappa shape index (κ3) is 5.35. The van der Waals surface area contributed by atoms with Gasteiger partial charge in [0.05, 0.1) is 5.69 Å². The minimum absolute atomic E-state index is 0.00629. The summed E-state index contributed by atoms with van der Waals surface area (Å²) in [6, 6.07) is 12.4. The number of Topliss-reactive ketones (excluding diaryl/α,β-unsaturated/α-hetero) is 1. The van der Waals surface area contributed by atoms with E-state index < -0.39 is 0 Å². The van der Waals surface area contributed by atoms with E-state index in [1.807, 2.05) is 35.2 Å². The fourth-order valence-electron chi connectivity index (χ4n) is 4.23. The molecule has 3 heterocycles. The molecule has 31 heavy (non-hydrogen) atoms. The normalized spacial score (nSPS) is 19.0. The standard InChI is InChI=1S/C23H27N3O2.CH2O2/c1-16-5-3-4-12-26(16)21-14-25(15-21)23(28)19-8-6-18(7-9-19)22-11-10-20(13-24-22)17(2)27;2-1-3/h6-11,13,16,21H,3-5,12,14-15H2,1-2H3;1H,(H,2,3). The first-order valence-corrected chi connectivity index (χ1v) is 10.6. The minimum Gasteiger partial charge on any atom is -0.483 e. The van der Waals surface area contributed by atoms with Crippen LogP contribution in [-0.2, 0) is 4.79 Å². The first kappa shape index (κ1) is 22.6. The molecule has 0 bridgehead atoms. The molecule has 7 heteroatoms. The maximum atomic E-state index is 12.8. The molecule has 1 N–H and O–H groups in total. The largest absolute Gasteiger partial charge is 0.483 e. The third-order valence-corrected chi connectivity index (χ3v) is 6.07. The van der Waals surface area contributed by atoms with Crippen LogP contribution in [0.5, 0.6) is 0 Å². The number of rotatable bonds is 4. The van der Waals surface area contributed by atoms with E-state index in [4.69, 9.17) is 9.90 Å². The Bertz CT molecular complexity index is 905. The molecule has 4 rings (SSSR count). The smallest absolute Gasteiger partial charge is 0.290 e. The molecule has 0 saturated carbocycles. The summed E-state index contributed by atoms with van der Waals surface area (Å²) in [6.45, 7) is 6.42. The number of piperidine rings is 1. The van der Waals surface area contributed by atoms with Crippen LogP contribution in [0.4, 0.5) is 0 Å². The van der Waals surface area contributed by atoms with Gasteiger partial charge >= 0.3 is 0 Å². The molecule has 2 fully saturated rings. The number of carbonyl (C=O) groups is 3. The van der Waals surface area contributed by atoms with E-state index in [0.717, 1.165) is 30.9 Å². The quantitative estimate of drug-likeness (QED) is 0.599. The predicted molar refractivity (Wildman–Crippen MR) is 118 cm³/mol. The number of hydrogen-bond acceptors (Lipinski definition) is 5. The number of amides is 1. The molecule has 2 aliphatic heterocycles. The number of benzene rings is 1. The van der Waals surface area contributed by atoms with Crippen molar-refractivity contribution in [1.82, 2.24) is 14.8 Å². The monoisotopic (exact) mass is 423 g/mol. The molecule has 2 saturated heterocycles. The molecule has 0 radical (unpaired) electrons. The van der Waals surface area contributed by atoms with Crippen molar-refractivity contribution in [2.24, 2.45) is 0 Å². The molecule has 1 aromatic heterocycles. The van der Waals surface area contributed by atoms with Gasteiger partial charge in [0.25, 0.3) is 12.4 Å². The minimum atomic E-state index is -0.250. The van der Waals surface area contributed by atoms with Crippen molar-refractivity contribution in [3.63, 3.8) is 0 Å². The van der Waals surface area contributed by atoms with E-state index in [-0.39, 0.29) is 18.2 Å². The fourth-order valence-corrected chi connectivity index (χ4v) is 4.23. The van der Waals surface area contributed by atoms with Crippen molar-refractivity contribution >= 4 is 18.2 Å². The molecular weight excluding hydrogens is 394 g/mol. The van der Waals surface area contributed by atoms with Crippen LogP contribution in [-0.4, -0.2) is 69.8 Å². The number of nitrogens with zero attached hydrogens (tertiary/aromatic N) is 3. The van der Waals surface area contributed by atoms with E-state index in [1.54, 1.807) is 12.3 Å². The highest BCUT2D eigenvalue weighted by Crippen LogP contribution is 2.26. The topological polar surface area (TPSA) is 90.8 Å². The Hall–Kier alpha value is -3.06. The molecule has 1 amide bonds. The van der Waals surface area contributed by atoms with Gasteiger partial charge in [0.2, 0.25) is 0 Å². The van der Waals surface area contributed by atoms with Crippen molar-refractivity contribution in [1.29, 1.82) is 0 Å². The molecular formula is C24H29N3O4. The van der Waals surface area contributed by atoms with Crippen LogP contribution < -0.4 is 0 Å². The van der Waals surface area contributed by atoms with Crippen LogP contribution >= 0.6 is 0 Å². The number of likely N-dealkylation sites (tertiary alicyclic amines) is 2. The van der Waals surface area contributed by atoms with Gasteiger partial charge in [-0.1, -0.05) is 18.6 Å². The Morgan fingerprint density at radius 2 is 1.71 bits per heavy atom. The SMILES string of the molecule is CC(=O)c1ccc(-c2ccc(C(=O)N3CC(N4CCCCC4C)C3)cc2)nc1.O=CO. The lowest BCUT2D eigenvalue weighted by atomic mass is 9.97. The van der Waals surface area contributed by atoms with Gasteiger partial charge in [-0.15, -0.1) is 0 Å². The summed E-state index contributed by atoms with van der Waals surface area (Å²) in [5.74, 6) is 0.110. The molecule has 2 aromatic rings. The van der Waals surface area contributed by atoms with Crippen LogP contribution in [0.25, 0.3) is 11.3 Å². The highest BCUT2D eigenvalue weighted by Gasteiger charge is 2.37. The van der Waals surface area contributed by atoms with Crippen molar-refractivity contribution in [3.05, 3.63) is 53.7 Å². The Balaban J connectivity index is 0.000000858. The second kappa shape index (κ2) is 10.3. The molecule has 7 nitrogen and oxygen atoms in total. The van der Waals surface area contributed by atoms with Crippen molar-refractivity contribution < 1.29 is 19.5 Å². The van der Waals surface area contributed by atoms with Gasteiger partial charge < -0.3 is 10.0 Å². The van der Waals surface area contributed by atoms with E-state index >= 15 is 0 Å². The number of carbonyl (C=O) groups excluding carboxylic acids is 2. The number of aromatic nitrogens is 1. The lowest BCUT2D eigenvalue weighted by Gasteiger charge is -2.49. The summed E-state index contributed by atoms with van der Waals surface area (Å²) >= 11 is 0. The van der Waals surface area contributed by atoms with Gasteiger partial charge in [-0.2, -0.15) is 0 Å². The fraction of sp³-hybridized carbons (Fsp3) is 0.417. The van der Waals surface area contributed by atoms with E-state index in [1.165, 1.54) is 26.2 Å². The molecule has 0 spiro atoms. The molecule has 1 atom stereocenters. The first-order chi connectivity index (χ1) is 14.9. The number of ketones is 1. The Labute approximate surface area is 182 Å². The highest BCUT2D eigenvalue weighted by molar-refractivity contribution is 5.95. The van der Waals surface area contributed by atoms with Crippen LogP contribution in [0.15, 0.2) is 42.6 Å². The van der Waals surface area contributed by atoms with Gasteiger partial charge in [0, 0.05) is 48.1 Å². The summed E-state index contributed by atoms with van der Waals surface area (Å²) in [7, 11) is 0. The number of pyridine rings is 1. The van der Waals surface area contributed by atoms with Gasteiger partial charge in [-0.05, 0) is 57.5 Å². The molecule has 1 aromatic carbocycles. The zero-order valence-electron chi connectivity index (χ0n) is 18.0. The second-order valence-corrected chi connectivity index (χ2v) is 8.12. The number of carboxylic acid groups (broad SMARTS) is 1. The Morgan fingerprint density at radius 1 is 1.06 bits per heavy atom. The predicted octanol–water partition coefficient (Wildman–Crippen LogP) is 3.35. The Kier molecular flexibility index (Phi) is 7.52. The molecule has 0 aliphatic carbocycles. The maximum absolute atomic E-state index is 12.8. The summed E-state index contributed by atoms with van der Waals surface area (Å²) in [6.07, 6.45) is 5.47. The van der Waals surface area contributed by atoms with Crippen molar-refractivity contribution in [2.45, 2.75) is 45.2 Å². The van der Waals surface area contributed by atoms with Gasteiger partial charge in [0.15, 0.2) is 5.78 Å². The zero-order chi connectivity index (χ0) is 22.4. The summed E-state index contributed by atoms with van der Waals surface area (Å²) in [4.78, 5) is 41.4. The summed E-state index contributed by atoms with van der Waals surface area (Å²) < 4.78 is 0. The van der Waals surface area contributed by atoms with E-state index in [9.17, 15) is 9.59 Å². The van der Waals surface area contributed by atoms with Gasteiger partial charge in [-0.25, -0.2) is 0 Å². The van der Waals surface area contributed by atoms with Crippen LogP contribution in [0.3, 0.4) is 0 Å². The lowest BCUT2D eigenvalue weighted by Crippen LogP contribution is -2.63. The second-order valence-electron chi connectivity index (χ2n) is 8.12. The highest BCUT2D eigenvalue weighted by atomic mass is 16.3. The van der Waals surface area contributed by atoms with Crippen molar-refractivity contribution in [3.8, 4) is 11.3 Å². The summed E-state index contributed by atoms with van der Waals surface area (Å²) in [5, 5.41) is 6.89. The average Bonchev–Trinajstić information content (AvgIpc) is 2.75. The number of hydrogen-bond donors (Lipinski definition) is 1. The lowest BCUT2D eigenvalue weighted by molar-refractivity contribution is -0.122. The summed E-state index contributed by atoms with van der Waals surface area (Å²) in [5.41, 5.74) is 3.06. The van der Waals surface area contributed by atoms with Crippen LogP contribution in [0.2, 0.25) is 0 Å². The molecule has 2 aliphatic rings. The molecule has 1 unspecified atom stereocenters. The Morgan fingerprint density at radius 3 is 2.26 bits per heavy atom. The van der Waals surface area contributed by atoms with Crippen LogP contribution in [0, 0.1) is 0 Å².